The molecule has 1 heterocycles. The van der Waals surface area contributed by atoms with Crippen LogP contribution in [0.5, 0.6) is 5.75 Å². The van der Waals surface area contributed by atoms with Gasteiger partial charge in [0, 0.05) is 11.8 Å². The first-order valence-corrected chi connectivity index (χ1v) is 7.67. The average molecular weight is 292 g/mol. The summed E-state index contributed by atoms with van der Waals surface area (Å²) in [6, 6.07) is 7.91. The molecule has 1 aromatic carbocycles. The van der Waals surface area contributed by atoms with E-state index in [9.17, 15) is 0 Å². The van der Waals surface area contributed by atoms with Gasteiger partial charge in [-0.3, -0.25) is 5.10 Å². The van der Waals surface area contributed by atoms with E-state index >= 15 is 0 Å². The van der Waals surface area contributed by atoms with Gasteiger partial charge in [-0.15, -0.1) is 5.10 Å². The summed E-state index contributed by atoms with van der Waals surface area (Å²) in [7, 11) is 0. The molecule has 3 N–H and O–H groups in total. The molecule has 108 valence electrons. The predicted octanol–water partition coefficient (Wildman–Crippen LogP) is 2.69. The molecular weight excluding hydrogens is 272 g/mol. The maximum Gasteiger partial charge on any atom is 0.208 e. The molecule has 1 atom stereocenters. The van der Waals surface area contributed by atoms with Crippen molar-refractivity contribution < 1.29 is 4.74 Å². The molecule has 1 aromatic heterocycles. The highest BCUT2D eigenvalue weighted by atomic mass is 32.2. The second kappa shape index (κ2) is 7.31. The van der Waals surface area contributed by atoms with Crippen LogP contribution in [0.4, 0.5) is 0 Å². The van der Waals surface area contributed by atoms with E-state index in [2.05, 4.69) is 22.1 Å². The largest absolute Gasteiger partial charge is 0.494 e. The van der Waals surface area contributed by atoms with Gasteiger partial charge < -0.3 is 10.5 Å². The van der Waals surface area contributed by atoms with E-state index < -0.39 is 0 Å². The van der Waals surface area contributed by atoms with Crippen LogP contribution < -0.4 is 10.5 Å². The Kier molecular flexibility index (Phi) is 5.43. The van der Waals surface area contributed by atoms with Crippen molar-refractivity contribution in [3.8, 4) is 5.75 Å². The Bertz CT molecular complexity index is 526. The van der Waals surface area contributed by atoms with E-state index in [0.29, 0.717) is 0 Å². The van der Waals surface area contributed by atoms with E-state index in [1.165, 1.54) is 0 Å². The van der Waals surface area contributed by atoms with E-state index in [1.54, 1.807) is 11.8 Å². The second-order valence-electron chi connectivity index (χ2n) is 4.54. The molecule has 0 aliphatic rings. The number of aromatic amines is 1. The molecule has 0 radical (unpaired) electrons. The van der Waals surface area contributed by atoms with Gasteiger partial charge in [-0.1, -0.05) is 30.8 Å². The fourth-order valence-corrected chi connectivity index (χ4v) is 2.51. The Labute approximate surface area is 123 Å². The number of rotatable bonds is 7. The van der Waals surface area contributed by atoms with E-state index in [-0.39, 0.29) is 6.04 Å². The topological polar surface area (TPSA) is 76.8 Å². The van der Waals surface area contributed by atoms with Crippen LogP contribution >= 0.6 is 11.8 Å². The van der Waals surface area contributed by atoms with Crippen molar-refractivity contribution >= 4 is 11.8 Å². The number of ether oxygens (including phenoxy) is 1. The third-order valence-corrected chi connectivity index (χ3v) is 3.72. The van der Waals surface area contributed by atoms with Crippen LogP contribution in [0, 0.1) is 6.92 Å². The number of nitrogens with two attached hydrogens (primary N) is 1. The number of nitrogens with one attached hydrogen (secondary N) is 1. The number of benzene rings is 1. The number of hydrogen-bond acceptors (Lipinski definition) is 5. The van der Waals surface area contributed by atoms with Crippen LogP contribution in [-0.2, 0) is 0 Å². The van der Waals surface area contributed by atoms with Gasteiger partial charge in [0.25, 0.3) is 0 Å². The van der Waals surface area contributed by atoms with Crippen LogP contribution in [0.3, 0.4) is 0 Å². The molecular formula is C14H20N4OS. The monoisotopic (exact) mass is 292 g/mol. The van der Waals surface area contributed by atoms with Crippen molar-refractivity contribution in [3.63, 3.8) is 0 Å². The first kappa shape index (κ1) is 14.9. The summed E-state index contributed by atoms with van der Waals surface area (Å²) in [5.41, 5.74) is 7.26. The number of nitrogens with zero attached hydrogens (tertiary/aromatic N) is 2. The quantitative estimate of drug-likeness (QED) is 0.767. The van der Waals surface area contributed by atoms with Crippen LogP contribution in [0.15, 0.2) is 29.4 Å². The van der Waals surface area contributed by atoms with Crippen LogP contribution in [0.2, 0.25) is 0 Å². The zero-order chi connectivity index (χ0) is 14.4. The zero-order valence-corrected chi connectivity index (χ0v) is 12.6. The van der Waals surface area contributed by atoms with E-state index in [4.69, 9.17) is 10.5 Å². The van der Waals surface area contributed by atoms with Crippen molar-refractivity contribution in [3.05, 3.63) is 35.7 Å². The predicted molar refractivity (Wildman–Crippen MR) is 81.0 cm³/mol. The highest BCUT2D eigenvalue weighted by Gasteiger charge is 2.09. The van der Waals surface area contributed by atoms with Crippen LogP contribution in [0.25, 0.3) is 0 Å². The lowest BCUT2D eigenvalue weighted by molar-refractivity contribution is 0.317. The summed E-state index contributed by atoms with van der Waals surface area (Å²) < 4.78 is 5.55. The first-order valence-electron chi connectivity index (χ1n) is 6.69. The molecule has 1 unspecified atom stereocenters. The van der Waals surface area contributed by atoms with Gasteiger partial charge in [-0.05, 0) is 31.0 Å². The van der Waals surface area contributed by atoms with E-state index in [0.717, 1.165) is 41.1 Å². The summed E-state index contributed by atoms with van der Waals surface area (Å²) in [5, 5.41) is 7.64. The molecule has 0 saturated carbocycles. The Morgan fingerprint density at radius 3 is 2.70 bits per heavy atom. The van der Waals surface area contributed by atoms with Gasteiger partial charge in [0.1, 0.15) is 11.6 Å². The molecule has 5 nitrogen and oxygen atoms in total. The molecule has 2 rings (SSSR count). The van der Waals surface area contributed by atoms with Gasteiger partial charge in [-0.25, -0.2) is 4.98 Å². The average Bonchev–Trinajstić information content (AvgIpc) is 2.89. The van der Waals surface area contributed by atoms with Gasteiger partial charge in [-0.2, -0.15) is 0 Å². The lowest BCUT2D eigenvalue weighted by atomic mass is 10.1. The highest BCUT2D eigenvalue weighted by molar-refractivity contribution is 7.99. The Morgan fingerprint density at radius 2 is 2.10 bits per heavy atom. The highest BCUT2D eigenvalue weighted by Crippen LogP contribution is 2.22. The minimum atomic E-state index is -0.0426. The smallest absolute Gasteiger partial charge is 0.208 e. The van der Waals surface area contributed by atoms with Crippen molar-refractivity contribution in [2.45, 2.75) is 31.5 Å². The number of aryl methyl sites for hydroxylation is 1. The van der Waals surface area contributed by atoms with Crippen molar-refractivity contribution in [2.75, 3.05) is 12.4 Å². The third kappa shape index (κ3) is 4.25. The van der Waals surface area contributed by atoms with E-state index in [1.807, 2.05) is 31.2 Å². The van der Waals surface area contributed by atoms with Gasteiger partial charge >= 0.3 is 0 Å². The molecule has 0 spiro atoms. The normalized spacial score (nSPS) is 12.3. The second-order valence-corrected chi connectivity index (χ2v) is 5.53. The lowest BCUT2D eigenvalue weighted by Crippen LogP contribution is -2.13. The number of hydrogen-bond donors (Lipinski definition) is 2. The number of thioether (sulfide) groups is 1. The molecule has 0 amide bonds. The number of H-pyrrole nitrogens is 1. The zero-order valence-electron chi connectivity index (χ0n) is 11.8. The van der Waals surface area contributed by atoms with Crippen molar-refractivity contribution in [1.29, 1.82) is 0 Å². The van der Waals surface area contributed by atoms with Gasteiger partial charge in [0.05, 0.1) is 6.61 Å². The fourth-order valence-electron chi connectivity index (χ4n) is 1.68. The Morgan fingerprint density at radius 1 is 1.35 bits per heavy atom. The van der Waals surface area contributed by atoms with Crippen LogP contribution in [-0.4, -0.2) is 27.5 Å². The molecule has 0 fully saturated rings. The summed E-state index contributed by atoms with van der Waals surface area (Å²) in [6.07, 6.45) is 1.01. The molecule has 0 bridgehead atoms. The molecule has 20 heavy (non-hydrogen) atoms. The van der Waals surface area contributed by atoms with Gasteiger partial charge in [0.2, 0.25) is 5.16 Å². The third-order valence-electron chi connectivity index (χ3n) is 2.75. The first-order chi connectivity index (χ1) is 9.69. The minimum absolute atomic E-state index is 0.0426. The summed E-state index contributed by atoms with van der Waals surface area (Å²) in [4.78, 5) is 4.24. The summed E-state index contributed by atoms with van der Waals surface area (Å²) >= 11 is 1.55. The lowest BCUT2D eigenvalue weighted by Gasteiger charge is -2.11. The standard InChI is InChI=1S/C14H20N4OS/c1-3-8-19-12-6-4-11(5-7-12)13(15)9-20-14-16-10(2)17-18-14/h4-7,13H,3,8-9,15H2,1-2H3,(H,16,17,18). The Balaban J connectivity index is 1.86. The molecule has 6 heteroatoms. The summed E-state index contributed by atoms with van der Waals surface area (Å²) in [6.45, 7) is 4.71. The number of aromatic nitrogens is 3. The molecule has 0 saturated heterocycles. The Hall–Kier alpha value is -1.53. The SMILES string of the molecule is CCCOc1ccc(C(N)CSc2n[nH]c(C)n2)cc1. The maximum absolute atomic E-state index is 6.17. The fraction of sp³-hybridized carbons (Fsp3) is 0.429. The van der Waals surface area contributed by atoms with Crippen molar-refractivity contribution in [2.24, 2.45) is 5.73 Å². The maximum atomic E-state index is 6.17. The van der Waals surface area contributed by atoms with Crippen LogP contribution in [0.1, 0.15) is 30.8 Å². The molecule has 0 aliphatic heterocycles. The minimum Gasteiger partial charge on any atom is -0.494 e. The molecule has 2 aromatic rings. The summed E-state index contributed by atoms with van der Waals surface area (Å²) in [5.74, 6) is 2.45. The van der Waals surface area contributed by atoms with Gasteiger partial charge in [0.15, 0.2) is 0 Å². The van der Waals surface area contributed by atoms with Crippen molar-refractivity contribution in [1.82, 2.24) is 15.2 Å². The molecule has 0 aliphatic carbocycles.